The van der Waals surface area contributed by atoms with Gasteiger partial charge < -0.3 is 14.8 Å². The Balaban J connectivity index is 1.97. The third kappa shape index (κ3) is 4.38. The minimum atomic E-state index is -1.52. The van der Waals surface area contributed by atoms with Crippen LogP contribution in [0.5, 0.6) is 0 Å². The van der Waals surface area contributed by atoms with E-state index in [4.69, 9.17) is 9.52 Å². The lowest BCUT2D eigenvalue weighted by atomic mass is 10.1. The fourth-order valence-corrected chi connectivity index (χ4v) is 2.07. The number of halogens is 1. The first-order valence-electron chi connectivity index (χ1n) is 7.11. The minimum Gasteiger partial charge on any atom is -0.480 e. The van der Waals surface area contributed by atoms with Gasteiger partial charge in [0, 0.05) is 18.4 Å². The van der Waals surface area contributed by atoms with Crippen LogP contribution in [0.25, 0.3) is 11.3 Å². The van der Waals surface area contributed by atoms with Crippen molar-refractivity contribution in [2.24, 2.45) is 0 Å². The number of hydrogen-bond donors (Lipinski definition) is 2. The maximum absolute atomic E-state index is 12.4. The van der Waals surface area contributed by atoms with Crippen molar-refractivity contribution in [2.75, 3.05) is 6.67 Å². The highest BCUT2D eigenvalue weighted by Crippen LogP contribution is 2.24. The van der Waals surface area contributed by atoms with Crippen molar-refractivity contribution in [1.82, 2.24) is 10.3 Å². The molecule has 0 aliphatic rings. The number of carbonyl (C=O) groups excluding carboxylic acids is 1. The van der Waals surface area contributed by atoms with Crippen molar-refractivity contribution < 1.29 is 23.5 Å². The first-order chi connectivity index (χ1) is 11.0. The van der Waals surface area contributed by atoms with Crippen molar-refractivity contribution in [1.29, 1.82) is 0 Å². The second kappa shape index (κ2) is 7.53. The minimum absolute atomic E-state index is 0.0298. The molecule has 1 heterocycles. The van der Waals surface area contributed by atoms with Crippen LogP contribution >= 0.6 is 0 Å². The number of rotatable bonds is 7. The van der Waals surface area contributed by atoms with Crippen LogP contribution in [0.4, 0.5) is 4.39 Å². The van der Waals surface area contributed by atoms with Gasteiger partial charge >= 0.3 is 5.97 Å². The number of nitrogens with zero attached hydrogens (tertiary/aromatic N) is 1. The number of benzene rings is 1. The van der Waals surface area contributed by atoms with Crippen LogP contribution in [0, 0.1) is 6.92 Å². The van der Waals surface area contributed by atoms with Crippen LogP contribution in [0.2, 0.25) is 0 Å². The Morgan fingerprint density at radius 2 is 2.04 bits per heavy atom. The number of aliphatic carboxylic acids is 1. The molecule has 0 saturated carbocycles. The Kier molecular flexibility index (Phi) is 5.46. The van der Waals surface area contributed by atoms with Gasteiger partial charge in [-0.05, 0) is 6.92 Å². The Labute approximate surface area is 132 Å². The summed E-state index contributed by atoms with van der Waals surface area (Å²) >= 11 is 0. The molecule has 1 aromatic carbocycles. The Bertz CT molecular complexity index is 685. The van der Waals surface area contributed by atoms with Gasteiger partial charge in [0.25, 0.3) is 0 Å². The van der Waals surface area contributed by atoms with Crippen LogP contribution in [-0.2, 0) is 16.0 Å². The summed E-state index contributed by atoms with van der Waals surface area (Å²) in [5.41, 5.74) is 1.59. The standard InChI is InChI=1S/C16H17FN2O4/c1-10-15(11-5-3-2-4-6-11)23-14(18-10)8-7-13(20)19-12(9-17)16(21)22/h2-6,12H,7-9H2,1H3,(H,19,20)(H,21,22). The summed E-state index contributed by atoms with van der Waals surface area (Å²) in [5.74, 6) is -0.955. The summed E-state index contributed by atoms with van der Waals surface area (Å²) < 4.78 is 18.1. The Hall–Kier alpha value is -2.70. The Morgan fingerprint density at radius 3 is 2.65 bits per heavy atom. The van der Waals surface area contributed by atoms with Crippen molar-refractivity contribution in [3.63, 3.8) is 0 Å². The molecule has 0 fully saturated rings. The van der Waals surface area contributed by atoms with Gasteiger partial charge in [-0.15, -0.1) is 0 Å². The Morgan fingerprint density at radius 1 is 1.35 bits per heavy atom. The molecule has 1 aromatic heterocycles. The SMILES string of the molecule is Cc1nc(CCC(=O)NC(CF)C(=O)O)oc1-c1ccccc1. The number of alkyl halides is 1. The molecular formula is C16H17FN2O4. The van der Waals surface area contributed by atoms with Crippen LogP contribution in [0.15, 0.2) is 34.7 Å². The van der Waals surface area contributed by atoms with Crippen molar-refractivity contribution in [3.05, 3.63) is 41.9 Å². The lowest BCUT2D eigenvalue weighted by molar-refractivity contribution is -0.142. The zero-order valence-electron chi connectivity index (χ0n) is 12.6. The van der Waals surface area contributed by atoms with Crippen LogP contribution in [0.3, 0.4) is 0 Å². The summed E-state index contributed by atoms with van der Waals surface area (Å²) in [6.07, 6.45) is 0.177. The van der Waals surface area contributed by atoms with Gasteiger partial charge in [0.05, 0.1) is 5.69 Å². The number of nitrogens with one attached hydrogen (secondary N) is 1. The average molecular weight is 320 g/mol. The molecule has 2 rings (SSSR count). The van der Waals surface area contributed by atoms with E-state index < -0.39 is 24.6 Å². The fourth-order valence-electron chi connectivity index (χ4n) is 2.07. The number of amides is 1. The molecule has 23 heavy (non-hydrogen) atoms. The predicted molar refractivity (Wildman–Crippen MR) is 80.5 cm³/mol. The summed E-state index contributed by atoms with van der Waals surface area (Å²) in [5, 5.41) is 10.8. The molecule has 0 saturated heterocycles. The summed E-state index contributed by atoms with van der Waals surface area (Å²) in [4.78, 5) is 26.6. The molecule has 1 unspecified atom stereocenters. The van der Waals surface area contributed by atoms with Crippen molar-refractivity contribution in [3.8, 4) is 11.3 Å². The second-order valence-corrected chi connectivity index (χ2v) is 5.00. The van der Waals surface area contributed by atoms with Gasteiger partial charge in [-0.1, -0.05) is 30.3 Å². The highest BCUT2D eigenvalue weighted by atomic mass is 19.1. The third-order valence-corrected chi connectivity index (χ3v) is 3.23. The molecule has 2 N–H and O–H groups in total. The van der Waals surface area contributed by atoms with Gasteiger partial charge in [0.15, 0.2) is 17.7 Å². The lowest BCUT2D eigenvalue weighted by Crippen LogP contribution is -2.42. The van der Waals surface area contributed by atoms with Gasteiger partial charge in [-0.2, -0.15) is 0 Å². The fraction of sp³-hybridized carbons (Fsp3) is 0.312. The normalized spacial score (nSPS) is 11.9. The van der Waals surface area contributed by atoms with Crippen LogP contribution in [0.1, 0.15) is 18.0 Å². The highest BCUT2D eigenvalue weighted by Gasteiger charge is 2.20. The second-order valence-electron chi connectivity index (χ2n) is 5.00. The molecule has 0 bridgehead atoms. The van der Waals surface area contributed by atoms with E-state index in [0.29, 0.717) is 17.3 Å². The van der Waals surface area contributed by atoms with E-state index in [0.717, 1.165) is 5.56 Å². The molecule has 0 spiro atoms. The van der Waals surface area contributed by atoms with Gasteiger partial charge in [-0.3, -0.25) is 4.79 Å². The summed E-state index contributed by atoms with van der Waals surface area (Å²) in [7, 11) is 0. The third-order valence-electron chi connectivity index (χ3n) is 3.23. The number of aromatic nitrogens is 1. The van der Waals surface area contributed by atoms with Crippen molar-refractivity contribution in [2.45, 2.75) is 25.8 Å². The molecule has 1 amide bonds. The number of oxazole rings is 1. The molecule has 0 aliphatic heterocycles. The van der Waals surface area contributed by atoms with E-state index in [1.165, 1.54) is 0 Å². The summed E-state index contributed by atoms with van der Waals surface area (Å²) in [6, 6.07) is 7.92. The first kappa shape index (κ1) is 16.7. The van der Waals surface area contributed by atoms with E-state index in [1.807, 2.05) is 30.3 Å². The first-order valence-corrected chi connectivity index (χ1v) is 7.11. The van der Waals surface area contributed by atoms with E-state index in [-0.39, 0.29) is 12.8 Å². The zero-order valence-corrected chi connectivity index (χ0v) is 12.6. The number of carbonyl (C=O) groups is 2. The smallest absolute Gasteiger partial charge is 0.328 e. The van der Waals surface area contributed by atoms with E-state index >= 15 is 0 Å². The zero-order chi connectivity index (χ0) is 16.8. The number of carboxylic acid groups (broad SMARTS) is 1. The highest BCUT2D eigenvalue weighted by molar-refractivity contribution is 5.83. The molecule has 0 aliphatic carbocycles. The molecule has 7 heteroatoms. The molecule has 2 aromatic rings. The van der Waals surface area contributed by atoms with E-state index in [9.17, 15) is 14.0 Å². The van der Waals surface area contributed by atoms with Gasteiger partial charge in [0.2, 0.25) is 5.91 Å². The van der Waals surface area contributed by atoms with Gasteiger partial charge in [0.1, 0.15) is 6.67 Å². The van der Waals surface area contributed by atoms with E-state index in [2.05, 4.69) is 10.3 Å². The van der Waals surface area contributed by atoms with Crippen LogP contribution < -0.4 is 5.32 Å². The molecular weight excluding hydrogens is 303 g/mol. The quantitative estimate of drug-likeness (QED) is 0.815. The van der Waals surface area contributed by atoms with E-state index in [1.54, 1.807) is 6.92 Å². The average Bonchev–Trinajstić information content (AvgIpc) is 2.92. The van der Waals surface area contributed by atoms with Crippen LogP contribution in [-0.4, -0.2) is 34.7 Å². The molecule has 1 atom stereocenters. The number of hydrogen-bond acceptors (Lipinski definition) is 4. The number of carboxylic acids is 1. The predicted octanol–water partition coefficient (Wildman–Crippen LogP) is 2.12. The maximum atomic E-state index is 12.4. The summed E-state index contributed by atoms with van der Waals surface area (Å²) in [6.45, 7) is 0.649. The molecule has 122 valence electrons. The lowest BCUT2D eigenvalue weighted by Gasteiger charge is -2.09. The maximum Gasteiger partial charge on any atom is 0.328 e. The van der Waals surface area contributed by atoms with Gasteiger partial charge in [-0.25, -0.2) is 14.2 Å². The number of aryl methyl sites for hydroxylation is 2. The largest absolute Gasteiger partial charge is 0.480 e. The monoisotopic (exact) mass is 320 g/mol. The molecule has 0 radical (unpaired) electrons. The van der Waals surface area contributed by atoms with Crippen molar-refractivity contribution >= 4 is 11.9 Å². The topological polar surface area (TPSA) is 92.4 Å². The molecule has 6 nitrogen and oxygen atoms in total.